The summed E-state index contributed by atoms with van der Waals surface area (Å²) in [4.78, 5) is 19.8. The van der Waals surface area contributed by atoms with Gasteiger partial charge in [0, 0.05) is 16.8 Å². The van der Waals surface area contributed by atoms with Crippen molar-refractivity contribution in [1.29, 1.82) is 0 Å². The molecule has 0 radical (unpaired) electrons. The number of rotatable bonds is 2. The van der Waals surface area contributed by atoms with E-state index in [1.54, 1.807) is 19.1 Å². The van der Waals surface area contributed by atoms with E-state index in [0.29, 0.717) is 22.1 Å². The van der Waals surface area contributed by atoms with Crippen LogP contribution in [0.25, 0.3) is 11.4 Å². The fourth-order valence-corrected chi connectivity index (χ4v) is 1.63. The van der Waals surface area contributed by atoms with E-state index in [2.05, 4.69) is 15.4 Å². The van der Waals surface area contributed by atoms with Crippen LogP contribution >= 0.6 is 11.6 Å². The maximum Gasteiger partial charge on any atom is 0.268 e. The molecule has 0 aliphatic rings. The molecule has 2 aromatic rings. The van der Waals surface area contributed by atoms with Crippen LogP contribution in [0.15, 0.2) is 30.5 Å². The minimum Gasteiger partial charge on any atom is -0.290 e. The van der Waals surface area contributed by atoms with Gasteiger partial charge in [-0.25, -0.2) is 15.8 Å². The van der Waals surface area contributed by atoms with Gasteiger partial charge < -0.3 is 0 Å². The molecule has 0 saturated heterocycles. The number of nitrogen functional groups attached to an aromatic ring is 1. The van der Waals surface area contributed by atoms with Gasteiger partial charge in [0.05, 0.1) is 11.3 Å². The highest BCUT2D eigenvalue weighted by Crippen LogP contribution is 2.18. The van der Waals surface area contributed by atoms with E-state index >= 15 is 0 Å². The molecule has 1 amide bonds. The van der Waals surface area contributed by atoms with E-state index in [0.717, 1.165) is 5.56 Å². The molecule has 0 atom stereocenters. The van der Waals surface area contributed by atoms with Gasteiger partial charge in [-0.05, 0) is 31.2 Å². The Balaban J connectivity index is 2.40. The molecular weight excluding hydrogens is 252 g/mol. The first kappa shape index (κ1) is 12.5. The van der Waals surface area contributed by atoms with Crippen LogP contribution in [0.3, 0.4) is 0 Å². The fourth-order valence-electron chi connectivity index (χ4n) is 1.51. The van der Waals surface area contributed by atoms with Crippen LogP contribution in [0.1, 0.15) is 16.1 Å². The normalized spacial score (nSPS) is 10.2. The first-order valence-corrected chi connectivity index (χ1v) is 5.60. The average Bonchev–Trinajstić information content (AvgIpc) is 2.38. The smallest absolute Gasteiger partial charge is 0.268 e. The monoisotopic (exact) mass is 262 g/mol. The number of halogens is 1. The number of hydrogen-bond donors (Lipinski definition) is 2. The second kappa shape index (κ2) is 5.12. The molecule has 18 heavy (non-hydrogen) atoms. The Morgan fingerprint density at radius 1 is 1.33 bits per heavy atom. The van der Waals surface area contributed by atoms with Crippen molar-refractivity contribution in [1.82, 2.24) is 15.4 Å². The Bertz CT molecular complexity index is 583. The molecule has 1 aromatic heterocycles. The zero-order chi connectivity index (χ0) is 13.1. The second-order valence-electron chi connectivity index (χ2n) is 3.67. The van der Waals surface area contributed by atoms with Crippen LogP contribution in [0.2, 0.25) is 5.02 Å². The number of nitrogens with one attached hydrogen (secondary N) is 1. The molecule has 0 fully saturated rings. The van der Waals surface area contributed by atoms with Gasteiger partial charge in [0.25, 0.3) is 5.91 Å². The van der Waals surface area contributed by atoms with Crippen molar-refractivity contribution >= 4 is 17.5 Å². The van der Waals surface area contributed by atoms with Crippen molar-refractivity contribution in [3.63, 3.8) is 0 Å². The third-order valence-electron chi connectivity index (χ3n) is 2.46. The van der Waals surface area contributed by atoms with E-state index in [1.807, 2.05) is 12.1 Å². The zero-order valence-electron chi connectivity index (χ0n) is 9.64. The quantitative estimate of drug-likeness (QED) is 0.490. The molecule has 1 aromatic carbocycles. The molecule has 0 aliphatic heterocycles. The van der Waals surface area contributed by atoms with E-state index in [9.17, 15) is 4.79 Å². The summed E-state index contributed by atoms with van der Waals surface area (Å²) in [5.74, 6) is 5.20. The van der Waals surface area contributed by atoms with Crippen molar-refractivity contribution in [2.75, 3.05) is 0 Å². The second-order valence-corrected chi connectivity index (χ2v) is 4.11. The van der Waals surface area contributed by atoms with Gasteiger partial charge in [-0.1, -0.05) is 11.6 Å². The van der Waals surface area contributed by atoms with Crippen LogP contribution in [-0.2, 0) is 0 Å². The SMILES string of the molecule is Cc1nc(-c2ccc(Cl)cc2)ncc1C(=O)NN. The summed E-state index contributed by atoms with van der Waals surface area (Å²) in [6.07, 6.45) is 1.45. The molecule has 92 valence electrons. The molecule has 3 N–H and O–H groups in total. The first-order chi connectivity index (χ1) is 8.61. The summed E-state index contributed by atoms with van der Waals surface area (Å²) in [6.45, 7) is 1.73. The van der Waals surface area contributed by atoms with Crippen LogP contribution < -0.4 is 11.3 Å². The lowest BCUT2D eigenvalue weighted by atomic mass is 10.2. The Morgan fingerprint density at radius 3 is 2.56 bits per heavy atom. The number of benzene rings is 1. The van der Waals surface area contributed by atoms with Gasteiger partial charge in [-0.2, -0.15) is 0 Å². The number of amides is 1. The van der Waals surface area contributed by atoms with Crippen LogP contribution in [0.4, 0.5) is 0 Å². The highest BCUT2D eigenvalue weighted by Gasteiger charge is 2.11. The minimum absolute atomic E-state index is 0.357. The number of aryl methyl sites for hydroxylation is 1. The average molecular weight is 263 g/mol. The maximum atomic E-state index is 11.4. The standard InChI is InChI=1S/C12H11ClN4O/c1-7-10(12(18)17-14)6-15-11(16-7)8-2-4-9(13)5-3-8/h2-6H,14H2,1H3,(H,17,18). The molecule has 5 nitrogen and oxygen atoms in total. The van der Waals surface area contributed by atoms with Gasteiger partial charge in [0.1, 0.15) is 0 Å². The number of carbonyl (C=O) groups is 1. The molecule has 0 unspecified atom stereocenters. The van der Waals surface area contributed by atoms with E-state index in [1.165, 1.54) is 6.20 Å². The molecule has 0 aliphatic carbocycles. The van der Waals surface area contributed by atoms with E-state index in [-0.39, 0.29) is 0 Å². The van der Waals surface area contributed by atoms with Crippen molar-refractivity contribution in [3.05, 3.63) is 46.7 Å². The lowest BCUT2D eigenvalue weighted by molar-refractivity contribution is 0.0952. The lowest BCUT2D eigenvalue weighted by Crippen LogP contribution is -2.31. The maximum absolute atomic E-state index is 11.4. The molecule has 2 rings (SSSR count). The number of hydrazine groups is 1. The summed E-state index contributed by atoms with van der Waals surface area (Å²) in [6, 6.07) is 7.16. The number of hydrogen-bond acceptors (Lipinski definition) is 4. The zero-order valence-corrected chi connectivity index (χ0v) is 10.4. The van der Waals surface area contributed by atoms with E-state index in [4.69, 9.17) is 17.4 Å². The molecule has 6 heteroatoms. The van der Waals surface area contributed by atoms with Gasteiger partial charge in [-0.15, -0.1) is 0 Å². The predicted octanol–water partition coefficient (Wildman–Crippen LogP) is 1.71. The summed E-state index contributed by atoms with van der Waals surface area (Å²) in [5, 5.41) is 0.648. The number of nitrogens with zero attached hydrogens (tertiary/aromatic N) is 2. The van der Waals surface area contributed by atoms with Crippen LogP contribution in [-0.4, -0.2) is 15.9 Å². The van der Waals surface area contributed by atoms with Gasteiger partial charge in [-0.3, -0.25) is 10.2 Å². The largest absolute Gasteiger partial charge is 0.290 e. The fraction of sp³-hybridized carbons (Fsp3) is 0.0833. The highest BCUT2D eigenvalue weighted by molar-refractivity contribution is 6.30. The molecular formula is C12H11ClN4O. The van der Waals surface area contributed by atoms with Gasteiger partial charge in [0.2, 0.25) is 0 Å². The van der Waals surface area contributed by atoms with Crippen molar-refractivity contribution < 1.29 is 4.79 Å². The minimum atomic E-state index is -0.407. The predicted molar refractivity (Wildman–Crippen MR) is 68.9 cm³/mol. The molecule has 0 saturated carbocycles. The highest BCUT2D eigenvalue weighted by atomic mass is 35.5. The third-order valence-corrected chi connectivity index (χ3v) is 2.71. The van der Waals surface area contributed by atoms with Gasteiger partial charge >= 0.3 is 0 Å². The molecule has 0 bridgehead atoms. The van der Waals surface area contributed by atoms with Crippen molar-refractivity contribution in [3.8, 4) is 11.4 Å². The van der Waals surface area contributed by atoms with Crippen molar-refractivity contribution in [2.45, 2.75) is 6.92 Å². The Kier molecular flexibility index (Phi) is 3.55. The number of aromatic nitrogens is 2. The van der Waals surface area contributed by atoms with Crippen LogP contribution in [0.5, 0.6) is 0 Å². The molecule has 0 spiro atoms. The van der Waals surface area contributed by atoms with Crippen LogP contribution in [0, 0.1) is 6.92 Å². The summed E-state index contributed by atoms with van der Waals surface area (Å²) in [7, 11) is 0. The number of carbonyl (C=O) groups excluding carboxylic acids is 1. The van der Waals surface area contributed by atoms with E-state index < -0.39 is 5.91 Å². The third kappa shape index (κ3) is 2.47. The summed E-state index contributed by atoms with van der Waals surface area (Å²) >= 11 is 5.81. The Labute approximate surface area is 109 Å². The summed E-state index contributed by atoms with van der Waals surface area (Å²) < 4.78 is 0. The Morgan fingerprint density at radius 2 is 2.00 bits per heavy atom. The summed E-state index contributed by atoms with van der Waals surface area (Å²) in [5.41, 5.74) is 3.81. The number of nitrogens with two attached hydrogens (primary N) is 1. The van der Waals surface area contributed by atoms with Crippen molar-refractivity contribution in [2.24, 2.45) is 5.84 Å². The lowest BCUT2D eigenvalue weighted by Gasteiger charge is -2.05. The first-order valence-electron chi connectivity index (χ1n) is 5.22. The Hall–Kier alpha value is -1.98. The van der Waals surface area contributed by atoms with Gasteiger partial charge in [0.15, 0.2) is 5.82 Å². The topological polar surface area (TPSA) is 80.9 Å². The molecule has 1 heterocycles.